The molecule has 9 heteroatoms. The van der Waals surface area contributed by atoms with E-state index in [1.165, 1.54) is 17.7 Å². The molecule has 2 aromatic rings. The van der Waals surface area contributed by atoms with E-state index in [-0.39, 0.29) is 17.5 Å². The predicted molar refractivity (Wildman–Crippen MR) is 158 cm³/mol. The van der Waals surface area contributed by atoms with Crippen molar-refractivity contribution in [3.8, 4) is 6.07 Å². The smallest absolute Gasteiger partial charge is 0.254 e. The van der Waals surface area contributed by atoms with E-state index < -0.39 is 5.82 Å². The van der Waals surface area contributed by atoms with E-state index in [1.54, 1.807) is 12.1 Å². The number of nitrogens with one attached hydrogen (secondary N) is 1. The Morgan fingerprint density at radius 1 is 1.32 bits per heavy atom. The van der Waals surface area contributed by atoms with E-state index in [9.17, 15) is 14.4 Å². The minimum atomic E-state index is -0.398. The fourth-order valence-corrected chi connectivity index (χ4v) is 5.99. The number of allylic oxidation sites excluding steroid dienone is 2. The van der Waals surface area contributed by atoms with Gasteiger partial charge in [-0.15, -0.1) is 0 Å². The summed E-state index contributed by atoms with van der Waals surface area (Å²) in [6.07, 6.45) is 12.8. The van der Waals surface area contributed by atoms with Crippen LogP contribution in [0.25, 0.3) is 5.57 Å². The summed E-state index contributed by atoms with van der Waals surface area (Å²) < 4.78 is 15.7. The number of carbonyl (C=O) groups is 1. The van der Waals surface area contributed by atoms with E-state index in [0.717, 1.165) is 54.9 Å². The van der Waals surface area contributed by atoms with E-state index >= 15 is 0 Å². The highest BCUT2D eigenvalue weighted by molar-refractivity contribution is 6.09. The summed E-state index contributed by atoms with van der Waals surface area (Å²) in [6, 6.07) is 8.66. The summed E-state index contributed by atoms with van der Waals surface area (Å²) in [5.74, 6) is 0.301. The highest BCUT2D eigenvalue weighted by Gasteiger charge is 2.49. The molecule has 3 aliphatic heterocycles. The van der Waals surface area contributed by atoms with Crippen molar-refractivity contribution in [2.45, 2.75) is 71.0 Å². The van der Waals surface area contributed by atoms with Gasteiger partial charge in [-0.2, -0.15) is 10.4 Å². The van der Waals surface area contributed by atoms with Crippen molar-refractivity contribution in [3.63, 3.8) is 0 Å². The third-order valence-electron chi connectivity index (χ3n) is 8.70. The van der Waals surface area contributed by atoms with E-state index in [2.05, 4.69) is 55.2 Å². The number of carbonyl (C=O) groups excluding carboxylic acids is 1. The van der Waals surface area contributed by atoms with Gasteiger partial charge in [-0.1, -0.05) is 18.6 Å². The zero-order chi connectivity index (χ0) is 29.1. The largest absolute Gasteiger partial charge is 0.346 e. The fourth-order valence-electron chi connectivity index (χ4n) is 5.99. The minimum absolute atomic E-state index is 0.0426. The topological polar surface area (TPSA) is 89.5 Å². The average Bonchev–Trinajstić information content (AvgIpc) is 3.63. The first-order valence-electron chi connectivity index (χ1n) is 14.4. The number of hydrogen-bond donors (Lipinski definition) is 1. The second kappa shape index (κ2) is 11.8. The molecule has 2 saturated heterocycles. The van der Waals surface area contributed by atoms with Crippen LogP contribution in [0.15, 0.2) is 71.3 Å². The molecule has 4 heterocycles. The summed E-state index contributed by atoms with van der Waals surface area (Å²) in [6.45, 7) is 10.4. The van der Waals surface area contributed by atoms with Gasteiger partial charge in [0.2, 0.25) is 0 Å². The van der Waals surface area contributed by atoms with Crippen molar-refractivity contribution < 1.29 is 9.18 Å². The molecule has 0 spiro atoms. The van der Waals surface area contributed by atoms with Gasteiger partial charge >= 0.3 is 0 Å². The number of amidine groups is 1. The standard InChI is InChI=1S/C32H38FN7O/c1-5-22(2)17-36-30-29(9-13-35-30)24(4)26-18-37-40(19-26)32(11-12-34)20-38(21-32)28-10-14-39(23(3)15-28)31(41)25-7-6-8-27(33)16-25/h6-9,13,16-19,23,28H,5,10-11,14-15,20-21H2,1-4H3,(H,35,36)/b22-17+,29-24+. The molecule has 0 saturated carbocycles. The summed E-state index contributed by atoms with van der Waals surface area (Å²) in [4.78, 5) is 21.9. The summed E-state index contributed by atoms with van der Waals surface area (Å²) in [5, 5.41) is 17.7. The number of hydrogen-bond acceptors (Lipinski definition) is 5. The molecular formula is C32H38FN7O. The Bertz CT molecular complexity index is 1470. The van der Waals surface area contributed by atoms with Crippen LogP contribution in [-0.2, 0) is 5.54 Å². The molecule has 5 rings (SSSR count). The molecule has 2 unspecified atom stereocenters. The SMILES string of the molecule is CC/C(C)=C/N=C1\NC=C\C1=C(\C)c1cnn(C2(CC#N)CN(C3CCN(C(=O)c4cccc(F)c4)C(C)C3)C2)c1. The number of nitriles is 1. The van der Waals surface area contributed by atoms with Gasteiger partial charge in [0.25, 0.3) is 5.91 Å². The number of aliphatic imine (C=N–C) groups is 1. The van der Waals surface area contributed by atoms with Crippen LogP contribution >= 0.6 is 0 Å². The molecular weight excluding hydrogens is 517 g/mol. The first-order chi connectivity index (χ1) is 19.7. The molecule has 1 aromatic carbocycles. The lowest BCUT2D eigenvalue weighted by Crippen LogP contribution is -2.67. The molecule has 3 aliphatic rings. The quantitative estimate of drug-likeness (QED) is 0.505. The number of aromatic nitrogens is 2. The van der Waals surface area contributed by atoms with E-state index in [1.807, 2.05) is 34.3 Å². The Kier molecular flexibility index (Phi) is 8.22. The Hall–Kier alpha value is -4.03. The second-order valence-electron chi connectivity index (χ2n) is 11.5. The highest BCUT2D eigenvalue weighted by atomic mass is 19.1. The molecule has 0 radical (unpaired) electrons. The van der Waals surface area contributed by atoms with Crippen LogP contribution in [0, 0.1) is 17.1 Å². The van der Waals surface area contributed by atoms with Crippen LogP contribution in [0.1, 0.15) is 69.3 Å². The predicted octanol–water partition coefficient (Wildman–Crippen LogP) is 5.24. The van der Waals surface area contributed by atoms with Gasteiger partial charge in [-0.25, -0.2) is 9.38 Å². The third kappa shape index (κ3) is 5.75. The zero-order valence-corrected chi connectivity index (χ0v) is 24.3. The van der Waals surface area contributed by atoms with Gasteiger partial charge < -0.3 is 10.2 Å². The fraction of sp³-hybridized carbons (Fsp3) is 0.438. The molecule has 0 bridgehead atoms. The van der Waals surface area contributed by atoms with Crippen LogP contribution < -0.4 is 5.32 Å². The third-order valence-corrected chi connectivity index (χ3v) is 8.70. The molecule has 41 heavy (non-hydrogen) atoms. The number of piperidine rings is 1. The number of rotatable bonds is 7. The van der Waals surface area contributed by atoms with Gasteiger partial charge in [0.05, 0.1) is 18.7 Å². The normalized spacial score (nSPS) is 24.6. The number of benzene rings is 1. The van der Waals surface area contributed by atoms with E-state index in [4.69, 9.17) is 5.10 Å². The Labute approximate surface area is 241 Å². The Morgan fingerprint density at radius 3 is 2.83 bits per heavy atom. The van der Waals surface area contributed by atoms with Gasteiger partial charge in [0.1, 0.15) is 17.2 Å². The minimum Gasteiger partial charge on any atom is -0.346 e. The Balaban J connectivity index is 1.26. The maximum Gasteiger partial charge on any atom is 0.254 e. The molecule has 2 fully saturated rings. The molecule has 1 aromatic heterocycles. The second-order valence-corrected chi connectivity index (χ2v) is 11.5. The lowest BCUT2D eigenvalue weighted by atomic mass is 9.83. The van der Waals surface area contributed by atoms with Gasteiger partial charge in [-0.3, -0.25) is 14.4 Å². The van der Waals surface area contributed by atoms with Gasteiger partial charge in [0.15, 0.2) is 0 Å². The molecule has 1 amide bonds. The number of halogens is 1. The van der Waals surface area contributed by atoms with Crippen molar-refractivity contribution in [3.05, 3.63) is 83.2 Å². The highest BCUT2D eigenvalue weighted by Crippen LogP contribution is 2.37. The van der Waals surface area contributed by atoms with Crippen molar-refractivity contribution in [2.24, 2.45) is 4.99 Å². The maximum atomic E-state index is 13.7. The average molecular weight is 556 g/mol. The molecule has 2 atom stereocenters. The van der Waals surface area contributed by atoms with Crippen molar-refractivity contribution in [2.75, 3.05) is 19.6 Å². The number of nitrogens with zero attached hydrogens (tertiary/aromatic N) is 6. The molecule has 214 valence electrons. The molecule has 8 nitrogen and oxygen atoms in total. The lowest BCUT2D eigenvalue weighted by Gasteiger charge is -2.54. The summed E-state index contributed by atoms with van der Waals surface area (Å²) in [5.41, 5.74) is 4.33. The summed E-state index contributed by atoms with van der Waals surface area (Å²) >= 11 is 0. The Morgan fingerprint density at radius 2 is 2.12 bits per heavy atom. The summed E-state index contributed by atoms with van der Waals surface area (Å²) in [7, 11) is 0. The first-order valence-corrected chi connectivity index (χ1v) is 14.4. The maximum absolute atomic E-state index is 13.7. The van der Waals surface area contributed by atoms with Crippen molar-refractivity contribution in [1.29, 1.82) is 5.26 Å². The first kappa shape index (κ1) is 28.5. The van der Waals surface area contributed by atoms with Gasteiger partial charge in [0, 0.05) is 67.0 Å². The van der Waals surface area contributed by atoms with Crippen LogP contribution in [0.2, 0.25) is 0 Å². The van der Waals surface area contributed by atoms with Gasteiger partial charge in [-0.05, 0) is 69.9 Å². The van der Waals surface area contributed by atoms with Crippen LogP contribution in [0.3, 0.4) is 0 Å². The molecule has 1 N–H and O–H groups in total. The number of amides is 1. The zero-order valence-electron chi connectivity index (χ0n) is 24.3. The van der Waals surface area contributed by atoms with E-state index in [0.29, 0.717) is 24.6 Å². The van der Waals surface area contributed by atoms with Crippen LogP contribution in [0.5, 0.6) is 0 Å². The van der Waals surface area contributed by atoms with Crippen molar-refractivity contribution in [1.82, 2.24) is 24.9 Å². The monoisotopic (exact) mass is 555 g/mol. The number of likely N-dealkylation sites (tertiary alicyclic amines) is 2. The molecule has 0 aliphatic carbocycles. The van der Waals surface area contributed by atoms with Crippen LogP contribution in [0.4, 0.5) is 4.39 Å². The van der Waals surface area contributed by atoms with Crippen molar-refractivity contribution >= 4 is 17.3 Å². The lowest BCUT2D eigenvalue weighted by molar-refractivity contribution is -0.0480. The van der Waals surface area contributed by atoms with Crippen LogP contribution in [-0.4, -0.2) is 63.0 Å².